The van der Waals surface area contributed by atoms with Crippen LogP contribution in [0, 0.1) is 29.4 Å². The summed E-state index contributed by atoms with van der Waals surface area (Å²) in [6.07, 6.45) is 11.6. The van der Waals surface area contributed by atoms with E-state index in [2.05, 4.69) is 41.7 Å². The van der Waals surface area contributed by atoms with E-state index in [1.54, 1.807) is 6.07 Å². The molecule has 35 heavy (non-hydrogen) atoms. The summed E-state index contributed by atoms with van der Waals surface area (Å²) in [6.45, 7) is -1.05. The smallest absolute Gasteiger partial charge is 0.387 e. The van der Waals surface area contributed by atoms with Crippen LogP contribution in [-0.4, -0.2) is 6.61 Å². The molecule has 5 heteroatoms. The highest BCUT2D eigenvalue weighted by Crippen LogP contribution is 2.38. The summed E-state index contributed by atoms with van der Waals surface area (Å²) in [5, 5.41) is 1.33. The van der Waals surface area contributed by atoms with E-state index in [9.17, 15) is 13.2 Å². The number of hydrogen-bond donors (Lipinski definition) is 0. The van der Waals surface area contributed by atoms with Gasteiger partial charge in [0.1, 0.15) is 5.82 Å². The van der Waals surface area contributed by atoms with Gasteiger partial charge < -0.3 is 4.74 Å². The van der Waals surface area contributed by atoms with Crippen LogP contribution in [0.4, 0.5) is 17.6 Å². The first-order valence-corrected chi connectivity index (χ1v) is 12.0. The molecule has 0 heterocycles. The molecule has 182 valence electrons. The SMILES string of the molecule is C/C=C/CCC1CCC(c2ccc3c(F)c(C#Cc4ccc(OC(F)F)c(F)c4)ccc3c2)CC1. The highest BCUT2D eigenvalue weighted by molar-refractivity contribution is 5.85. The van der Waals surface area contributed by atoms with Crippen LogP contribution >= 0.6 is 0 Å². The molecule has 0 radical (unpaired) electrons. The number of alkyl halides is 2. The Kier molecular flexibility index (Phi) is 8.13. The number of benzene rings is 3. The fraction of sp³-hybridized carbons (Fsp3) is 0.333. The van der Waals surface area contributed by atoms with Crippen molar-refractivity contribution in [2.24, 2.45) is 5.92 Å². The molecule has 0 atom stereocenters. The quantitative estimate of drug-likeness (QED) is 0.195. The van der Waals surface area contributed by atoms with Gasteiger partial charge in [-0.3, -0.25) is 0 Å². The van der Waals surface area contributed by atoms with Crippen LogP contribution in [0.5, 0.6) is 5.75 Å². The minimum Gasteiger partial charge on any atom is -0.432 e. The lowest BCUT2D eigenvalue weighted by Gasteiger charge is -2.28. The number of hydrogen-bond acceptors (Lipinski definition) is 1. The lowest BCUT2D eigenvalue weighted by molar-refractivity contribution is -0.0521. The largest absolute Gasteiger partial charge is 0.432 e. The van der Waals surface area contributed by atoms with E-state index in [4.69, 9.17) is 0 Å². The number of allylic oxidation sites excluding steroid dienone is 2. The van der Waals surface area contributed by atoms with Crippen molar-refractivity contribution < 1.29 is 22.3 Å². The monoisotopic (exact) mass is 480 g/mol. The van der Waals surface area contributed by atoms with Crippen LogP contribution in [0.1, 0.15) is 68.1 Å². The van der Waals surface area contributed by atoms with Gasteiger partial charge in [-0.2, -0.15) is 8.78 Å². The Balaban J connectivity index is 1.47. The minimum absolute atomic E-state index is 0.195. The lowest BCUT2D eigenvalue weighted by atomic mass is 9.77. The predicted octanol–water partition coefficient (Wildman–Crippen LogP) is 8.75. The molecule has 0 saturated heterocycles. The van der Waals surface area contributed by atoms with Crippen LogP contribution in [0.2, 0.25) is 0 Å². The number of fused-ring (bicyclic) bond motifs is 1. The highest BCUT2D eigenvalue weighted by atomic mass is 19.3. The van der Waals surface area contributed by atoms with Crippen LogP contribution in [0.15, 0.2) is 60.7 Å². The average molecular weight is 481 g/mol. The molecular formula is C30H28F4O. The Bertz CT molecular complexity index is 1260. The van der Waals surface area contributed by atoms with Crippen molar-refractivity contribution in [2.75, 3.05) is 0 Å². The van der Waals surface area contributed by atoms with Gasteiger partial charge in [-0.15, -0.1) is 0 Å². The molecule has 1 fully saturated rings. The Morgan fingerprint density at radius 1 is 0.971 bits per heavy atom. The molecule has 0 bridgehead atoms. The Hall–Kier alpha value is -3.26. The van der Waals surface area contributed by atoms with Crippen molar-refractivity contribution in [3.8, 4) is 17.6 Å². The van der Waals surface area contributed by atoms with Crippen LogP contribution < -0.4 is 4.74 Å². The average Bonchev–Trinajstić information content (AvgIpc) is 2.85. The minimum atomic E-state index is -3.11. The van der Waals surface area contributed by atoms with E-state index in [0.29, 0.717) is 11.3 Å². The van der Waals surface area contributed by atoms with Crippen molar-refractivity contribution in [3.05, 3.63) is 89.0 Å². The zero-order chi connectivity index (χ0) is 24.8. The van der Waals surface area contributed by atoms with E-state index in [1.165, 1.54) is 30.9 Å². The van der Waals surface area contributed by atoms with Crippen molar-refractivity contribution in [3.63, 3.8) is 0 Å². The molecule has 1 aliphatic carbocycles. The normalized spacial score (nSPS) is 18.1. The molecule has 1 saturated carbocycles. The van der Waals surface area contributed by atoms with Gasteiger partial charge in [0.25, 0.3) is 0 Å². The first-order valence-electron chi connectivity index (χ1n) is 12.0. The summed E-state index contributed by atoms with van der Waals surface area (Å²) in [5.41, 5.74) is 1.68. The van der Waals surface area contributed by atoms with E-state index < -0.39 is 24.0 Å². The standard InChI is InChI=1S/C30H28F4O/c1-2-3-4-5-20-6-10-22(11-7-20)24-15-16-26-25(19-24)14-13-23(29(26)32)12-8-21-9-17-28(27(31)18-21)35-30(33)34/h2-3,9,13-20,22,30H,4-7,10-11H2,1H3/b3-2+. The summed E-state index contributed by atoms with van der Waals surface area (Å²) >= 11 is 0. The van der Waals surface area contributed by atoms with Crippen LogP contribution in [-0.2, 0) is 0 Å². The van der Waals surface area contributed by atoms with Gasteiger partial charge in [0.15, 0.2) is 11.6 Å². The molecule has 1 nitrogen and oxygen atoms in total. The van der Waals surface area contributed by atoms with E-state index >= 15 is 4.39 Å². The van der Waals surface area contributed by atoms with Gasteiger partial charge in [-0.25, -0.2) is 8.78 Å². The maximum Gasteiger partial charge on any atom is 0.387 e. The zero-order valence-corrected chi connectivity index (χ0v) is 19.7. The molecular weight excluding hydrogens is 452 g/mol. The fourth-order valence-electron chi connectivity index (χ4n) is 4.85. The van der Waals surface area contributed by atoms with E-state index in [1.807, 2.05) is 18.2 Å². The molecule has 0 aromatic heterocycles. The summed E-state index contributed by atoms with van der Waals surface area (Å²) in [7, 11) is 0. The van der Waals surface area contributed by atoms with Gasteiger partial charge in [0.2, 0.25) is 0 Å². The number of halogens is 4. The van der Waals surface area contributed by atoms with Gasteiger partial charge >= 0.3 is 6.61 Å². The topological polar surface area (TPSA) is 9.23 Å². The molecule has 0 unspecified atom stereocenters. The Morgan fingerprint density at radius 3 is 2.49 bits per heavy atom. The second-order valence-electron chi connectivity index (χ2n) is 9.05. The zero-order valence-electron chi connectivity index (χ0n) is 19.7. The maximum atomic E-state index is 15.1. The van der Waals surface area contributed by atoms with Crippen molar-refractivity contribution in [1.29, 1.82) is 0 Å². The molecule has 0 aliphatic heterocycles. The van der Waals surface area contributed by atoms with Crippen molar-refractivity contribution >= 4 is 10.8 Å². The molecule has 3 aromatic rings. The van der Waals surface area contributed by atoms with E-state index in [-0.39, 0.29) is 11.1 Å². The second kappa shape index (κ2) is 11.4. The van der Waals surface area contributed by atoms with Gasteiger partial charge in [-0.1, -0.05) is 48.3 Å². The number of ether oxygens (including phenoxy) is 1. The Morgan fingerprint density at radius 2 is 1.77 bits per heavy atom. The summed E-state index contributed by atoms with van der Waals surface area (Å²) < 4.78 is 57.7. The van der Waals surface area contributed by atoms with Gasteiger partial charge in [0, 0.05) is 10.9 Å². The molecule has 4 rings (SSSR count). The predicted molar refractivity (Wildman–Crippen MR) is 132 cm³/mol. The summed E-state index contributed by atoms with van der Waals surface area (Å²) in [6, 6.07) is 12.8. The first-order chi connectivity index (χ1) is 16.9. The summed E-state index contributed by atoms with van der Waals surface area (Å²) in [5.74, 6) is 4.80. The first kappa shape index (κ1) is 24.9. The third-order valence-corrected chi connectivity index (χ3v) is 6.76. The molecule has 3 aromatic carbocycles. The van der Waals surface area contributed by atoms with Gasteiger partial charge in [-0.05, 0) is 92.5 Å². The van der Waals surface area contributed by atoms with Gasteiger partial charge in [0.05, 0.1) is 5.56 Å². The second-order valence-corrected chi connectivity index (χ2v) is 9.05. The van der Waals surface area contributed by atoms with Crippen molar-refractivity contribution in [1.82, 2.24) is 0 Å². The van der Waals surface area contributed by atoms with E-state index in [0.717, 1.165) is 42.7 Å². The lowest BCUT2D eigenvalue weighted by Crippen LogP contribution is -2.13. The molecule has 1 aliphatic rings. The highest BCUT2D eigenvalue weighted by Gasteiger charge is 2.22. The maximum absolute atomic E-state index is 15.1. The fourth-order valence-corrected chi connectivity index (χ4v) is 4.85. The van der Waals surface area contributed by atoms with Crippen LogP contribution in [0.3, 0.4) is 0 Å². The third kappa shape index (κ3) is 6.25. The summed E-state index contributed by atoms with van der Waals surface area (Å²) in [4.78, 5) is 0. The molecule has 0 amide bonds. The molecule has 0 spiro atoms. The third-order valence-electron chi connectivity index (χ3n) is 6.76. The number of rotatable bonds is 6. The van der Waals surface area contributed by atoms with Crippen molar-refractivity contribution in [2.45, 2.75) is 58.0 Å². The Labute approximate surface area is 203 Å². The van der Waals surface area contributed by atoms with Crippen LogP contribution in [0.25, 0.3) is 10.8 Å². The molecule has 0 N–H and O–H groups in total.